The van der Waals surface area contributed by atoms with Gasteiger partial charge in [0.25, 0.3) is 0 Å². The summed E-state index contributed by atoms with van der Waals surface area (Å²) >= 11 is 0. The second-order valence-corrected chi connectivity index (χ2v) is 12.4. The van der Waals surface area contributed by atoms with E-state index >= 15 is 0 Å². The SMILES string of the molecule is CNC(O)c1ccnc(NC(=O)CN2CC3(CCC(CN(C)C)(c4ccccc4)CC3)N(CC3CCC3)C2=O)c1. The zero-order valence-corrected chi connectivity index (χ0v) is 24.1. The molecule has 2 aromatic rings. The topological polar surface area (TPSA) is 101 Å². The lowest BCUT2D eigenvalue weighted by atomic mass is 9.63. The highest BCUT2D eigenvalue weighted by molar-refractivity contribution is 5.94. The number of aromatic nitrogens is 1. The van der Waals surface area contributed by atoms with Gasteiger partial charge in [-0.1, -0.05) is 36.8 Å². The van der Waals surface area contributed by atoms with Gasteiger partial charge in [-0.05, 0) is 83.3 Å². The third-order valence-corrected chi connectivity index (χ3v) is 9.34. The van der Waals surface area contributed by atoms with E-state index in [9.17, 15) is 14.7 Å². The number of likely N-dealkylation sites (N-methyl/N-ethyl adjacent to an activating group) is 1. The fraction of sp³-hybridized carbons (Fsp3) is 0.581. The van der Waals surface area contributed by atoms with Gasteiger partial charge in [-0.3, -0.25) is 10.1 Å². The number of benzene rings is 1. The predicted molar refractivity (Wildman–Crippen MR) is 156 cm³/mol. The smallest absolute Gasteiger partial charge is 0.321 e. The number of urea groups is 1. The molecule has 9 heteroatoms. The van der Waals surface area contributed by atoms with Crippen molar-refractivity contribution in [3.63, 3.8) is 0 Å². The molecule has 2 aliphatic carbocycles. The van der Waals surface area contributed by atoms with Crippen LogP contribution >= 0.6 is 0 Å². The second-order valence-electron chi connectivity index (χ2n) is 12.4. The lowest BCUT2D eigenvalue weighted by Gasteiger charge is -2.50. The molecular weight excluding hydrogens is 504 g/mol. The third kappa shape index (κ3) is 5.87. The molecule has 1 atom stereocenters. The van der Waals surface area contributed by atoms with Gasteiger partial charge >= 0.3 is 6.03 Å². The maximum atomic E-state index is 13.8. The summed E-state index contributed by atoms with van der Waals surface area (Å²) in [6.45, 7) is 2.33. The molecule has 0 bridgehead atoms. The van der Waals surface area contributed by atoms with E-state index in [1.807, 2.05) is 0 Å². The molecule has 40 heavy (non-hydrogen) atoms. The number of carbonyl (C=O) groups is 2. The summed E-state index contributed by atoms with van der Waals surface area (Å²) in [7, 11) is 5.94. The van der Waals surface area contributed by atoms with E-state index in [1.165, 1.54) is 24.8 Å². The van der Waals surface area contributed by atoms with Crippen molar-refractivity contribution in [2.45, 2.75) is 62.1 Å². The molecule has 1 aliphatic heterocycles. The van der Waals surface area contributed by atoms with E-state index in [1.54, 1.807) is 30.3 Å². The summed E-state index contributed by atoms with van der Waals surface area (Å²) in [4.78, 5) is 37.3. The molecule has 1 aromatic carbocycles. The molecule has 1 saturated heterocycles. The van der Waals surface area contributed by atoms with E-state index in [2.05, 4.69) is 69.8 Å². The molecular formula is C31H44N6O3. The Morgan fingerprint density at radius 3 is 2.50 bits per heavy atom. The number of carbonyl (C=O) groups excluding carboxylic acids is 2. The molecule has 3 fully saturated rings. The first-order valence-corrected chi connectivity index (χ1v) is 14.6. The van der Waals surface area contributed by atoms with Crippen molar-refractivity contribution in [2.75, 3.05) is 52.6 Å². The van der Waals surface area contributed by atoms with Crippen molar-refractivity contribution >= 4 is 17.8 Å². The number of amides is 3. The van der Waals surface area contributed by atoms with Crippen LogP contribution in [0.15, 0.2) is 48.7 Å². The highest BCUT2D eigenvalue weighted by Crippen LogP contribution is 2.49. The minimum Gasteiger partial charge on any atom is -0.374 e. The predicted octanol–water partition coefficient (Wildman–Crippen LogP) is 3.58. The van der Waals surface area contributed by atoms with Crippen molar-refractivity contribution in [2.24, 2.45) is 5.92 Å². The number of pyridine rings is 1. The maximum absolute atomic E-state index is 13.8. The van der Waals surface area contributed by atoms with Crippen LogP contribution < -0.4 is 10.6 Å². The van der Waals surface area contributed by atoms with Crippen molar-refractivity contribution in [1.82, 2.24) is 25.0 Å². The van der Waals surface area contributed by atoms with Gasteiger partial charge in [0.2, 0.25) is 5.91 Å². The Bertz CT molecular complexity index is 1180. The van der Waals surface area contributed by atoms with Gasteiger partial charge in [0.15, 0.2) is 0 Å². The number of hydrogen-bond acceptors (Lipinski definition) is 6. The summed E-state index contributed by atoms with van der Waals surface area (Å²) in [5.41, 5.74) is 1.80. The van der Waals surface area contributed by atoms with E-state index in [0.29, 0.717) is 23.8 Å². The van der Waals surface area contributed by atoms with Gasteiger partial charge in [-0.2, -0.15) is 0 Å². The Labute approximate surface area is 237 Å². The number of aliphatic hydroxyl groups is 1. The lowest BCUT2D eigenvalue weighted by Crippen LogP contribution is -2.55. The highest BCUT2D eigenvalue weighted by Gasteiger charge is 2.54. The fourth-order valence-corrected chi connectivity index (χ4v) is 6.98. The Morgan fingerprint density at radius 1 is 1.15 bits per heavy atom. The molecule has 0 radical (unpaired) electrons. The molecule has 9 nitrogen and oxygen atoms in total. The van der Waals surface area contributed by atoms with E-state index in [4.69, 9.17) is 0 Å². The summed E-state index contributed by atoms with van der Waals surface area (Å²) in [6, 6.07) is 14.2. The minimum atomic E-state index is -0.847. The molecule has 2 saturated carbocycles. The highest BCUT2D eigenvalue weighted by atomic mass is 16.3. The first-order chi connectivity index (χ1) is 19.2. The third-order valence-electron chi connectivity index (χ3n) is 9.34. The van der Waals surface area contributed by atoms with Gasteiger partial charge < -0.3 is 25.1 Å². The molecule has 3 aliphatic rings. The maximum Gasteiger partial charge on any atom is 0.321 e. The standard InChI is InChI=1S/C31H44N6O3/c1-32-28(39)24-12-17-33-26(18-24)34-27(38)20-36-22-31(37(29(36)40)19-23-8-7-9-23)15-13-30(14-16-31,21-35(2)3)25-10-5-4-6-11-25/h4-6,10-12,17-18,23,28,32,39H,7-9,13-16,19-22H2,1-3H3,(H,33,34,38). The zero-order valence-electron chi connectivity index (χ0n) is 24.1. The molecule has 1 unspecified atom stereocenters. The van der Waals surface area contributed by atoms with Crippen LogP contribution in [0.25, 0.3) is 0 Å². The van der Waals surface area contributed by atoms with Crippen LogP contribution in [-0.4, -0.2) is 89.6 Å². The van der Waals surface area contributed by atoms with Crippen molar-refractivity contribution in [3.8, 4) is 0 Å². The summed E-state index contributed by atoms with van der Waals surface area (Å²) in [6.07, 6.45) is 8.17. The quantitative estimate of drug-likeness (QED) is 0.393. The van der Waals surface area contributed by atoms with Gasteiger partial charge in [-0.25, -0.2) is 9.78 Å². The van der Waals surface area contributed by atoms with Gasteiger partial charge in [0.05, 0.1) is 5.54 Å². The van der Waals surface area contributed by atoms with Crippen molar-refractivity contribution < 1.29 is 14.7 Å². The minimum absolute atomic E-state index is 0.0102. The molecule has 3 N–H and O–H groups in total. The first-order valence-electron chi connectivity index (χ1n) is 14.6. The molecule has 216 valence electrons. The molecule has 2 heterocycles. The monoisotopic (exact) mass is 548 g/mol. The second kappa shape index (κ2) is 11.8. The van der Waals surface area contributed by atoms with Crippen LogP contribution in [0.1, 0.15) is 62.3 Å². The Kier molecular flexibility index (Phi) is 8.44. The van der Waals surface area contributed by atoms with Crippen LogP contribution in [0.2, 0.25) is 0 Å². The number of nitrogens with one attached hydrogen (secondary N) is 2. The Hall–Kier alpha value is -3.01. The van der Waals surface area contributed by atoms with Gasteiger partial charge in [-0.15, -0.1) is 0 Å². The normalized spacial score (nSPS) is 25.9. The van der Waals surface area contributed by atoms with E-state index in [-0.39, 0.29) is 29.4 Å². The zero-order chi connectivity index (χ0) is 28.3. The summed E-state index contributed by atoms with van der Waals surface area (Å²) < 4.78 is 0. The lowest BCUT2D eigenvalue weighted by molar-refractivity contribution is -0.116. The van der Waals surface area contributed by atoms with Crippen LogP contribution in [0.3, 0.4) is 0 Å². The number of anilines is 1. The number of hydrogen-bond donors (Lipinski definition) is 3. The van der Waals surface area contributed by atoms with Crippen LogP contribution in [0.4, 0.5) is 10.6 Å². The number of rotatable bonds is 10. The summed E-state index contributed by atoms with van der Waals surface area (Å²) in [5, 5.41) is 15.7. The van der Waals surface area contributed by atoms with Crippen molar-refractivity contribution in [3.05, 3.63) is 59.8 Å². The van der Waals surface area contributed by atoms with Crippen LogP contribution in [-0.2, 0) is 10.2 Å². The molecule has 1 spiro atoms. The fourth-order valence-electron chi connectivity index (χ4n) is 6.98. The molecule has 3 amide bonds. The largest absolute Gasteiger partial charge is 0.374 e. The van der Waals surface area contributed by atoms with E-state index < -0.39 is 6.23 Å². The Balaban J connectivity index is 1.32. The Morgan fingerprint density at radius 2 is 1.88 bits per heavy atom. The average molecular weight is 549 g/mol. The summed E-state index contributed by atoms with van der Waals surface area (Å²) in [5.74, 6) is 0.640. The first kappa shape index (κ1) is 28.5. The molecule has 1 aromatic heterocycles. The van der Waals surface area contributed by atoms with Gasteiger partial charge in [0, 0.05) is 36.8 Å². The van der Waals surface area contributed by atoms with Crippen LogP contribution in [0, 0.1) is 5.92 Å². The molecule has 5 rings (SSSR count). The van der Waals surface area contributed by atoms with Crippen molar-refractivity contribution in [1.29, 1.82) is 0 Å². The number of nitrogens with zero attached hydrogens (tertiary/aromatic N) is 4. The van der Waals surface area contributed by atoms with E-state index in [0.717, 1.165) is 38.8 Å². The van der Waals surface area contributed by atoms with Crippen LogP contribution in [0.5, 0.6) is 0 Å². The number of aliphatic hydroxyl groups excluding tert-OH is 1. The van der Waals surface area contributed by atoms with Gasteiger partial charge in [0.1, 0.15) is 18.6 Å². The average Bonchev–Trinajstić information content (AvgIpc) is 3.17.